The monoisotopic (exact) mass is 222 g/mol. The van der Waals surface area contributed by atoms with E-state index in [9.17, 15) is 14.0 Å². The molecule has 2 rings (SSSR count). The highest BCUT2D eigenvalue weighted by Gasteiger charge is 2.32. The number of hydrogen-bond donors (Lipinski definition) is 1. The van der Waals surface area contributed by atoms with Gasteiger partial charge in [-0.3, -0.25) is 14.5 Å². The fourth-order valence-electron chi connectivity index (χ4n) is 1.80. The van der Waals surface area contributed by atoms with Crippen LogP contribution in [-0.4, -0.2) is 11.8 Å². The molecule has 0 atom stereocenters. The zero-order chi connectivity index (χ0) is 11.7. The lowest BCUT2D eigenvalue weighted by molar-refractivity contribution is -0.121. The predicted octanol–water partition coefficient (Wildman–Crippen LogP) is 0.938. The summed E-state index contributed by atoms with van der Waals surface area (Å²) in [6.07, 6.45) is 0.360. The van der Waals surface area contributed by atoms with E-state index in [-0.39, 0.29) is 42.5 Å². The van der Waals surface area contributed by atoms with Crippen molar-refractivity contribution in [2.75, 3.05) is 4.90 Å². The zero-order valence-corrected chi connectivity index (χ0v) is 8.57. The third kappa shape index (κ3) is 1.59. The molecule has 1 heterocycles. The fraction of sp³-hybridized carbons (Fsp3) is 0.273. The van der Waals surface area contributed by atoms with Crippen molar-refractivity contribution < 1.29 is 14.0 Å². The number of hydrogen-bond acceptors (Lipinski definition) is 3. The van der Waals surface area contributed by atoms with E-state index in [1.165, 1.54) is 18.2 Å². The number of carbonyl (C=O) groups is 2. The van der Waals surface area contributed by atoms with Crippen molar-refractivity contribution in [3.8, 4) is 0 Å². The van der Waals surface area contributed by atoms with Crippen molar-refractivity contribution in [3.63, 3.8) is 0 Å². The molecule has 2 amide bonds. The number of nitrogens with two attached hydrogens (primary N) is 1. The Labute approximate surface area is 91.8 Å². The maximum atomic E-state index is 13.4. The van der Waals surface area contributed by atoms with Crippen molar-refractivity contribution in [2.24, 2.45) is 5.73 Å². The summed E-state index contributed by atoms with van der Waals surface area (Å²) in [6, 6.07) is 4.26. The number of rotatable bonds is 2. The van der Waals surface area contributed by atoms with Crippen LogP contribution in [0.25, 0.3) is 0 Å². The van der Waals surface area contributed by atoms with Crippen molar-refractivity contribution in [2.45, 2.75) is 19.4 Å². The first kappa shape index (κ1) is 10.8. The topological polar surface area (TPSA) is 63.4 Å². The molecule has 0 bridgehead atoms. The molecular formula is C11H11FN2O2. The molecule has 0 radical (unpaired) electrons. The second kappa shape index (κ2) is 4.02. The lowest BCUT2D eigenvalue weighted by Crippen LogP contribution is -2.30. The lowest BCUT2D eigenvalue weighted by Gasteiger charge is -2.17. The molecule has 0 unspecified atom stereocenters. The van der Waals surface area contributed by atoms with Gasteiger partial charge in [0.05, 0.1) is 5.69 Å². The summed E-state index contributed by atoms with van der Waals surface area (Å²) in [5.74, 6) is -1.09. The summed E-state index contributed by atoms with van der Waals surface area (Å²) in [5, 5.41) is 0. The van der Waals surface area contributed by atoms with Gasteiger partial charge in [-0.25, -0.2) is 4.39 Å². The third-order valence-corrected chi connectivity index (χ3v) is 2.59. The van der Waals surface area contributed by atoms with E-state index in [1.807, 2.05) is 0 Å². The molecule has 1 saturated heterocycles. The van der Waals surface area contributed by atoms with Gasteiger partial charge < -0.3 is 5.73 Å². The fourth-order valence-corrected chi connectivity index (χ4v) is 1.80. The molecule has 1 fully saturated rings. The summed E-state index contributed by atoms with van der Waals surface area (Å²) in [5.41, 5.74) is 5.89. The number of imide groups is 1. The van der Waals surface area contributed by atoms with Crippen LogP contribution in [0.1, 0.15) is 18.4 Å². The van der Waals surface area contributed by atoms with Gasteiger partial charge in [0.15, 0.2) is 0 Å². The van der Waals surface area contributed by atoms with Gasteiger partial charge in [-0.15, -0.1) is 0 Å². The predicted molar refractivity (Wildman–Crippen MR) is 56.0 cm³/mol. The third-order valence-electron chi connectivity index (χ3n) is 2.59. The number of benzene rings is 1. The first-order valence-electron chi connectivity index (χ1n) is 4.98. The second-order valence-corrected chi connectivity index (χ2v) is 3.56. The minimum Gasteiger partial charge on any atom is -0.326 e. The molecular weight excluding hydrogens is 211 g/mol. The van der Waals surface area contributed by atoms with Crippen LogP contribution in [0.4, 0.5) is 10.1 Å². The van der Waals surface area contributed by atoms with Crippen LogP contribution >= 0.6 is 0 Å². The van der Waals surface area contributed by atoms with E-state index in [0.717, 1.165) is 4.90 Å². The summed E-state index contributed by atoms with van der Waals surface area (Å²) in [7, 11) is 0. The Balaban J connectivity index is 2.51. The van der Waals surface area contributed by atoms with Crippen LogP contribution in [0.15, 0.2) is 18.2 Å². The molecule has 16 heavy (non-hydrogen) atoms. The van der Waals surface area contributed by atoms with Crippen LogP contribution in [0, 0.1) is 5.82 Å². The van der Waals surface area contributed by atoms with Crippen LogP contribution < -0.4 is 10.6 Å². The Morgan fingerprint density at radius 3 is 2.44 bits per heavy atom. The van der Waals surface area contributed by atoms with Gasteiger partial charge in [-0.05, 0) is 12.1 Å². The zero-order valence-electron chi connectivity index (χ0n) is 8.57. The van der Waals surface area contributed by atoms with E-state index in [4.69, 9.17) is 5.73 Å². The van der Waals surface area contributed by atoms with E-state index < -0.39 is 5.82 Å². The van der Waals surface area contributed by atoms with E-state index in [0.29, 0.717) is 0 Å². The van der Waals surface area contributed by atoms with Gasteiger partial charge in [0.2, 0.25) is 11.8 Å². The van der Waals surface area contributed by atoms with Gasteiger partial charge in [-0.1, -0.05) is 6.07 Å². The molecule has 1 aromatic carbocycles. The van der Waals surface area contributed by atoms with Gasteiger partial charge in [0, 0.05) is 24.9 Å². The SMILES string of the molecule is NCc1c(F)cccc1N1C(=O)CCC1=O. The highest BCUT2D eigenvalue weighted by molar-refractivity contribution is 6.20. The lowest BCUT2D eigenvalue weighted by atomic mass is 10.1. The second-order valence-electron chi connectivity index (χ2n) is 3.56. The summed E-state index contributed by atoms with van der Waals surface area (Å²) >= 11 is 0. The van der Waals surface area contributed by atoms with Crippen molar-refractivity contribution >= 4 is 17.5 Å². The largest absolute Gasteiger partial charge is 0.326 e. The highest BCUT2D eigenvalue weighted by atomic mass is 19.1. The van der Waals surface area contributed by atoms with Crippen LogP contribution in [0.2, 0.25) is 0 Å². The first-order chi connectivity index (χ1) is 7.65. The smallest absolute Gasteiger partial charge is 0.234 e. The minimum absolute atomic E-state index is 0.0426. The van der Waals surface area contributed by atoms with Crippen molar-refractivity contribution in [3.05, 3.63) is 29.6 Å². The van der Waals surface area contributed by atoms with Gasteiger partial charge in [0.25, 0.3) is 0 Å². The molecule has 0 aromatic heterocycles. The number of anilines is 1. The Bertz CT molecular complexity index is 443. The van der Waals surface area contributed by atoms with Crippen LogP contribution in [0.3, 0.4) is 0 Å². The van der Waals surface area contributed by atoms with E-state index >= 15 is 0 Å². The number of nitrogens with zero attached hydrogens (tertiary/aromatic N) is 1. The number of halogens is 1. The van der Waals surface area contributed by atoms with Gasteiger partial charge in [0.1, 0.15) is 5.82 Å². The minimum atomic E-state index is -0.493. The van der Waals surface area contributed by atoms with Crippen LogP contribution in [-0.2, 0) is 16.1 Å². The first-order valence-corrected chi connectivity index (χ1v) is 4.98. The normalized spacial score (nSPS) is 16.0. The van der Waals surface area contributed by atoms with Crippen molar-refractivity contribution in [1.29, 1.82) is 0 Å². The number of carbonyl (C=O) groups excluding carboxylic acids is 2. The summed E-state index contributed by atoms with van der Waals surface area (Å²) < 4.78 is 13.4. The molecule has 0 saturated carbocycles. The molecule has 1 aliphatic rings. The van der Waals surface area contributed by atoms with E-state index in [1.54, 1.807) is 0 Å². The van der Waals surface area contributed by atoms with Gasteiger partial charge in [-0.2, -0.15) is 0 Å². The molecule has 1 aromatic rings. The van der Waals surface area contributed by atoms with Gasteiger partial charge >= 0.3 is 0 Å². The summed E-state index contributed by atoms with van der Waals surface area (Å²) in [4.78, 5) is 24.0. The average molecular weight is 222 g/mol. The molecule has 2 N–H and O–H groups in total. The van der Waals surface area contributed by atoms with Crippen LogP contribution in [0.5, 0.6) is 0 Å². The molecule has 4 nitrogen and oxygen atoms in total. The Hall–Kier alpha value is -1.75. The maximum absolute atomic E-state index is 13.4. The molecule has 1 aliphatic heterocycles. The maximum Gasteiger partial charge on any atom is 0.234 e. The molecule has 0 spiro atoms. The molecule has 0 aliphatic carbocycles. The summed E-state index contributed by atoms with van der Waals surface area (Å²) in [6.45, 7) is -0.0426. The molecule has 5 heteroatoms. The molecule has 84 valence electrons. The Morgan fingerprint density at radius 1 is 1.25 bits per heavy atom. The quantitative estimate of drug-likeness (QED) is 0.757. The Morgan fingerprint density at radius 2 is 1.88 bits per heavy atom. The Kier molecular flexibility index (Phi) is 2.70. The highest BCUT2D eigenvalue weighted by Crippen LogP contribution is 2.27. The van der Waals surface area contributed by atoms with E-state index in [2.05, 4.69) is 0 Å². The van der Waals surface area contributed by atoms with Crippen molar-refractivity contribution in [1.82, 2.24) is 0 Å². The standard InChI is InChI=1S/C11H11FN2O2/c12-8-2-1-3-9(7(8)6-13)14-10(15)4-5-11(14)16/h1-3H,4-6,13H2. The average Bonchev–Trinajstić information content (AvgIpc) is 2.58. The number of amides is 2.